The van der Waals surface area contributed by atoms with Gasteiger partial charge in [-0.05, 0) is 11.1 Å². The van der Waals surface area contributed by atoms with E-state index in [-0.39, 0.29) is 11.9 Å². The van der Waals surface area contributed by atoms with Gasteiger partial charge in [-0.25, -0.2) is 0 Å². The van der Waals surface area contributed by atoms with Crippen molar-refractivity contribution in [3.8, 4) is 0 Å². The predicted molar refractivity (Wildman–Crippen MR) is 89.2 cm³/mol. The fourth-order valence-electron chi connectivity index (χ4n) is 2.07. The summed E-state index contributed by atoms with van der Waals surface area (Å²) in [7, 11) is 0. The Labute approximate surface area is 131 Å². The minimum atomic E-state index is 0.0141. The predicted octanol–water partition coefficient (Wildman–Crippen LogP) is -1.01. The van der Waals surface area contributed by atoms with Crippen molar-refractivity contribution in [1.29, 1.82) is 10.8 Å². The molecular weight excluding hydrogens is 280 g/mol. The zero-order valence-electron chi connectivity index (χ0n) is 12.8. The molecule has 8 heteroatoms. The summed E-state index contributed by atoms with van der Waals surface area (Å²) >= 11 is 0. The van der Waals surface area contributed by atoms with Crippen LogP contribution in [0.4, 0.5) is 0 Å². The largest absolute Gasteiger partial charge is 0.370 e. The van der Waals surface area contributed by atoms with Crippen molar-refractivity contribution in [1.82, 2.24) is 9.80 Å². The van der Waals surface area contributed by atoms with Gasteiger partial charge in [-0.2, -0.15) is 0 Å². The molecule has 0 fully saturated rings. The first-order valence-corrected chi connectivity index (χ1v) is 7.13. The second kappa shape index (κ2) is 8.85. The molecule has 0 unspecified atom stereocenters. The summed E-state index contributed by atoms with van der Waals surface area (Å²) < 4.78 is 0. The van der Waals surface area contributed by atoms with E-state index in [2.05, 4.69) is 0 Å². The van der Waals surface area contributed by atoms with Crippen LogP contribution >= 0.6 is 0 Å². The number of guanidine groups is 2. The van der Waals surface area contributed by atoms with E-state index >= 15 is 0 Å². The van der Waals surface area contributed by atoms with E-state index in [0.29, 0.717) is 39.3 Å². The lowest BCUT2D eigenvalue weighted by Gasteiger charge is -2.23. The topological polar surface area (TPSA) is 158 Å². The average Bonchev–Trinajstić information content (AvgIpc) is 2.47. The molecule has 0 saturated heterocycles. The number of nitrogens with zero attached hydrogens (tertiary/aromatic N) is 2. The lowest BCUT2D eigenvalue weighted by Crippen LogP contribution is -2.39. The van der Waals surface area contributed by atoms with E-state index in [1.54, 1.807) is 9.80 Å². The number of hydrogen-bond donors (Lipinski definition) is 6. The molecule has 122 valence electrons. The van der Waals surface area contributed by atoms with Gasteiger partial charge in [0.15, 0.2) is 11.9 Å². The van der Waals surface area contributed by atoms with Crippen molar-refractivity contribution < 1.29 is 0 Å². The Morgan fingerprint density at radius 2 is 1.09 bits per heavy atom. The van der Waals surface area contributed by atoms with Crippen molar-refractivity contribution in [2.45, 2.75) is 13.1 Å². The SMILES string of the molecule is N=C(N)N(CCN)Cc1ccc(CN(CCN)C(=N)N)cc1. The Morgan fingerprint density at radius 3 is 1.32 bits per heavy atom. The summed E-state index contributed by atoms with van der Waals surface area (Å²) in [4.78, 5) is 3.43. The second-order valence-corrected chi connectivity index (χ2v) is 5.01. The molecule has 0 saturated carbocycles. The average molecular weight is 306 g/mol. The molecule has 22 heavy (non-hydrogen) atoms. The van der Waals surface area contributed by atoms with Crippen LogP contribution in [0.2, 0.25) is 0 Å². The molecule has 1 aromatic rings. The van der Waals surface area contributed by atoms with Crippen LogP contribution in [-0.4, -0.2) is 47.9 Å². The number of hydrogen-bond acceptors (Lipinski definition) is 4. The van der Waals surface area contributed by atoms with E-state index in [9.17, 15) is 0 Å². The molecule has 10 N–H and O–H groups in total. The molecule has 0 heterocycles. The lowest BCUT2D eigenvalue weighted by molar-refractivity contribution is 0.411. The van der Waals surface area contributed by atoms with Crippen LogP contribution in [0.15, 0.2) is 24.3 Å². The van der Waals surface area contributed by atoms with Gasteiger partial charge in [-0.15, -0.1) is 0 Å². The zero-order chi connectivity index (χ0) is 16.5. The Bertz CT molecular complexity index is 439. The monoisotopic (exact) mass is 306 g/mol. The third-order valence-corrected chi connectivity index (χ3v) is 3.25. The van der Waals surface area contributed by atoms with E-state index in [1.165, 1.54) is 0 Å². The van der Waals surface area contributed by atoms with E-state index in [1.807, 2.05) is 24.3 Å². The van der Waals surface area contributed by atoms with E-state index < -0.39 is 0 Å². The molecule has 0 bridgehead atoms. The van der Waals surface area contributed by atoms with Gasteiger partial charge >= 0.3 is 0 Å². The Hall–Kier alpha value is -2.32. The molecule has 0 amide bonds. The minimum Gasteiger partial charge on any atom is -0.370 e. The van der Waals surface area contributed by atoms with Crippen molar-refractivity contribution in [3.63, 3.8) is 0 Å². The Kier molecular flexibility index (Phi) is 7.14. The van der Waals surface area contributed by atoms with Crippen molar-refractivity contribution in [2.75, 3.05) is 26.2 Å². The maximum Gasteiger partial charge on any atom is 0.188 e. The smallest absolute Gasteiger partial charge is 0.188 e. The van der Waals surface area contributed by atoms with Crippen LogP contribution in [0, 0.1) is 10.8 Å². The van der Waals surface area contributed by atoms with Gasteiger partial charge in [-0.3, -0.25) is 10.8 Å². The minimum absolute atomic E-state index is 0.0141. The van der Waals surface area contributed by atoms with Crippen LogP contribution in [0.1, 0.15) is 11.1 Å². The highest BCUT2D eigenvalue weighted by molar-refractivity contribution is 5.75. The molecule has 0 spiro atoms. The van der Waals surface area contributed by atoms with Gasteiger partial charge in [0.25, 0.3) is 0 Å². The van der Waals surface area contributed by atoms with Gasteiger partial charge in [0.05, 0.1) is 0 Å². The Balaban J connectivity index is 2.69. The molecule has 1 rings (SSSR count). The summed E-state index contributed by atoms with van der Waals surface area (Å²) in [6.45, 7) is 3.09. The van der Waals surface area contributed by atoms with Gasteiger partial charge in [0, 0.05) is 39.3 Å². The molecule has 0 atom stereocenters. The van der Waals surface area contributed by atoms with E-state index in [4.69, 9.17) is 33.8 Å². The van der Waals surface area contributed by atoms with Crippen LogP contribution in [0.3, 0.4) is 0 Å². The third-order valence-electron chi connectivity index (χ3n) is 3.25. The highest BCUT2D eigenvalue weighted by Gasteiger charge is 2.08. The van der Waals surface area contributed by atoms with Gasteiger partial charge in [0.1, 0.15) is 0 Å². The van der Waals surface area contributed by atoms with Crippen LogP contribution < -0.4 is 22.9 Å². The quantitative estimate of drug-likeness (QED) is 0.267. The normalized spacial score (nSPS) is 10.3. The maximum atomic E-state index is 7.52. The summed E-state index contributed by atoms with van der Waals surface area (Å²) in [5, 5.41) is 15.0. The number of benzene rings is 1. The number of nitrogens with one attached hydrogen (secondary N) is 2. The van der Waals surface area contributed by atoms with Crippen LogP contribution in [-0.2, 0) is 13.1 Å². The van der Waals surface area contributed by atoms with Crippen LogP contribution in [0.25, 0.3) is 0 Å². The van der Waals surface area contributed by atoms with Crippen molar-refractivity contribution in [3.05, 3.63) is 35.4 Å². The van der Waals surface area contributed by atoms with Gasteiger partial charge < -0.3 is 32.7 Å². The molecule has 1 aromatic carbocycles. The standard InChI is InChI=1S/C14H26N8/c15-5-7-21(13(17)18)9-11-1-2-12(4-3-11)10-22(8-6-16)14(19)20/h1-4H,5-10,15-16H2,(H3,17,18)(H3,19,20). The van der Waals surface area contributed by atoms with Crippen LogP contribution in [0.5, 0.6) is 0 Å². The summed E-state index contributed by atoms with van der Waals surface area (Å²) in [5.41, 5.74) is 24.2. The third kappa shape index (κ3) is 5.58. The van der Waals surface area contributed by atoms with Crippen molar-refractivity contribution in [2.24, 2.45) is 22.9 Å². The molecule has 0 radical (unpaired) electrons. The first-order valence-electron chi connectivity index (χ1n) is 7.13. The molecule has 0 aromatic heterocycles. The van der Waals surface area contributed by atoms with Crippen molar-refractivity contribution >= 4 is 11.9 Å². The van der Waals surface area contributed by atoms with E-state index in [0.717, 1.165) is 11.1 Å². The number of rotatable bonds is 8. The summed E-state index contributed by atoms with van der Waals surface area (Å²) in [6, 6.07) is 7.90. The molecule has 0 aliphatic rings. The summed E-state index contributed by atoms with van der Waals surface area (Å²) in [6.07, 6.45) is 0. The Morgan fingerprint density at radius 1 is 0.773 bits per heavy atom. The second-order valence-electron chi connectivity index (χ2n) is 5.01. The molecule has 0 aliphatic heterocycles. The molecular formula is C14H26N8. The first kappa shape index (κ1) is 17.7. The lowest BCUT2D eigenvalue weighted by atomic mass is 10.1. The highest BCUT2D eigenvalue weighted by atomic mass is 15.2. The van der Waals surface area contributed by atoms with Gasteiger partial charge in [-0.1, -0.05) is 24.3 Å². The fourth-order valence-corrected chi connectivity index (χ4v) is 2.07. The summed E-state index contributed by atoms with van der Waals surface area (Å²) in [5.74, 6) is 0.0282. The zero-order valence-corrected chi connectivity index (χ0v) is 12.8. The first-order chi connectivity index (χ1) is 10.5. The number of nitrogens with two attached hydrogens (primary N) is 4. The van der Waals surface area contributed by atoms with Gasteiger partial charge in [0.2, 0.25) is 0 Å². The highest BCUT2D eigenvalue weighted by Crippen LogP contribution is 2.09. The maximum absolute atomic E-state index is 7.52. The fraction of sp³-hybridized carbons (Fsp3) is 0.429. The molecule has 0 aliphatic carbocycles. The molecule has 8 nitrogen and oxygen atoms in total.